The molecule has 28 heavy (non-hydrogen) atoms. The zero-order chi connectivity index (χ0) is 19.8. The molecule has 0 aliphatic carbocycles. The Morgan fingerprint density at radius 3 is 2.57 bits per heavy atom. The maximum absolute atomic E-state index is 13.0. The van der Waals surface area contributed by atoms with Crippen molar-refractivity contribution in [3.05, 3.63) is 59.1 Å². The highest BCUT2D eigenvalue weighted by Gasteiger charge is 2.54. The van der Waals surface area contributed by atoms with E-state index in [0.29, 0.717) is 23.7 Å². The number of aliphatic hydroxyl groups excluding tert-OH is 1. The summed E-state index contributed by atoms with van der Waals surface area (Å²) in [5.41, 5.74) is 2.46. The lowest BCUT2D eigenvalue weighted by atomic mass is 9.72. The lowest BCUT2D eigenvalue weighted by Gasteiger charge is -2.58. The van der Waals surface area contributed by atoms with Crippen molar-refractivity contribution in [1.82, 2.24) is 4.90 Å². The molecule has 2 aromatic rings. The van der Waals surface area contributed by atoms with Crippen LogP contribution >= 0.6 is 11.6 Å². The second-order valence-corrected chi connectivity index (χ2v) is 7.54. The van der Waals surface area contributed by atoms with E-state index in [1.54, 1.807) is 34.1 Å². The van der Waals surface area contributed by atoms with Gasteiger partial charge in [0.1, 0.15) is 0 Å². The first kappa shape index (κ1) is 18.8. The summed E-state index contributed by atoms with van der Waals surface area (Å²) in [6, 6.07) is 14.0. The average Bonchev–Trinajstić information content (AvgIpc) is 2.69. The molecule has 1 fully saturated rings. The smallest absolute Gasteiger partial charge is 0.326 e. The largest absolute Gasteiger partial charge is 0.394 e. The number of fused-ring (bicyclic) bond motifs is 3. The van der Waals surface area contributed by atoms with Crippen LogP contribution in [0.3, 0.4) is 0 Å². The van der Waals surface area contributed by atoms with Gasteiger partial charge in [-0.05, 0) is 35.9 Å². The zero-order valence-electron chi connectivity index (χ0n) is 15.5. The van der Waals surface area contributed by atoms with Crippen LogP contribution in [0.25, 0.3) is 0 Å². The molecule has 6 nitrogen and oxygen atoms in total. The minimum atomic E-state index is -0.260. The molecule has 7 heteroatoms. The second kappa shape index (κ2) is 7.45. The summed E-state index contributed by atoms with van der Waals surface area (Å²) in [5, 5.41) is 13.4. The molecule has 2 heterocycles. The predicted molar refractivity (Wildman–Crippen MR) is 109 cm³/mol. The third-order valence-electron chi connectivity index (χ3n) is 5.62. The fourth-order valence-corrected chi connectivity index (χ4v) is 4.46. The van der Waals surface area contributed by atoms with E-state index >= 15 is 0 Å². The number of nitrogens with one attached hydrogen (secondary N) is 1. The van der Waals surface area contributed by atoms with Crippen molar-refractivity contribution in [2.24, 2.45) is 0 Å². The van der Waals surface area contributed by atoms with E-state index < -0.39 is 0 Å². The third kappa shape index (κ3) is 3.02. The molecule has 2 aromatic carbocycles. The average molecular weight is 400 g/mol. The summed E-state index contributed by atoms with van der Waals surface area (Å²) in [4.78, 5) is 28.8. The quantitative estimate of drug-likeness (QED) is 0.830. The van der Waals surface area contributed by atoms with Crippen LogP contribution in [0.5, 0.6) is 0 Å². The number of urea groups is 1. The van der Waals surface area contributed by atoms with Gasteiger partial charge in [0.2, 0.25) is 5.91 Å². The second-order valence-electron chi connectivity index (χ2n) is 7.10. The molecule has 0 bridgehead atoms. The molecule has 0 spiro atoms. The Labute approximate surface area is 168 Å². The Balaban J connectivity index is 1.65. The minimum Gasteiger partial charge on any atom is -0.394 e. The molecule has 146 valence electrons. The summed E-state index contributed by atoms with van der Waals surface area (Å²) < 4.78 is 0. The Kier molecular flexibility index (Phi) is 5.00. The number of para-hydroxylation sites is 1. The van der Waals surface area contributed by atoms with Crippen molar-refractivity contribution >= 4 is 34.9 Å². The molecule has 2 aliphatic heterocycles. The molecular formula is C21H22ClN3O3. The summed E-state index contributed by atoms with van der Waals surface area (Å²) in [5.74, 6) is 0.0361. The molecule has 4 rings (SSSR count). The maximum Gasteiger partial charge on any atom is 0.326 e. The number of amides is 3. The number of anilines is 2. The number of likely N-dealkylation sites (tertiary alicyclic amines) is 1. The van der Waals surface area contributed by atoms with Gasteiger partial charge in [-0.2, -0.15) is 0 Å². The van der Waals surface area contributed by atoms with Crippen LogP contribution in [-0.2, 0) is 4.79 Å². The molecule has 2 N–H and O–H groups in total. The first-order valence-electron chi connectivity index (χ1n) is 9.40. The van der Waals surface area contributed by atoms with Crippen LogP contribution in [0, 0.1) is 0 Å². The van der Waals surface area contributed by atoms with Gasteiger partial charge in [-0.3, -0.25) is 9.69 Å². The number of aliphatic hydroxyl groups is 1. The number of halogens is 1. The van der Waals surface area contributed by atoms with Gasteiger partial charge in [0, 0.05) is 35.3 Å². The van der Waals surface area contributed by atoms with E-state index in [1.165, 1.54) is 0 Å². The molecule has 0 radical (unpaired) electrons. The van der Waals surface area contributed by atoms with Crippen molar-refractivity contribution < 1.29 is 14.7 Å². The van der Waals surface area contributed by atoms with Gasteiger partial charge in [-0.25, -0.2) is 4.79 Å². The first-order chi connectivity index (χ1) is 13.5. The monoisotopic (exact) mass is 399 g/mol. The van der Waals surface area contributed by atoms with E-state index in [9.17, 15) is 14.7 Å². The van der Waals surface area contributed by atoms with Gasteiger partial charge in [-0.1, -0.05) is 36.7 Å². The van der Waals surface area contributed by atoms with Gasteiger partial charge >= 0.3 is 6.03 Å². The van der Waals surface area contributed by atoms with Crippen LogP contribution in [-0.4, -0.2) is 47.2 Å². The highest BCUT2D eigenvalue weighted by molar-refractivity contribution is 6.30. The summed E-state index contributed by atoms with van der Waals surface area (Å²) in [7, 11) is 0. The molecule has 3 atom stereocenters. The normalized spacial score (nSPS) is 22.8. The van der Waals surface area contributed by atoms with Crippen molar-refractivity contribution in [1.29, 1.82) is 0 Å². The van der Waals surface area contributed by atoms with Crippen LogP contribution in [0.1, 0.15) is 24.8 Å². The predicted octanol–water partition coefficient (Wildman–Crippen LogP) is 3.46. The molecule has 3 amide bonds. The lowest BCUT2D eigenvalue weighted by molar-refractivity contribution is -0.149. The Morgan fingerprint density at radius 2 is 1.89 bits per heavy atom. The molecule has 0 saturated carbocycles. The molecule has 0 unspecified atom stereocenters. The first-order valence-corrected chi connectivity index (χ1v) is 9.78. The van der Waals surface area contributed by atoms with Gasteiger partial charge in [0.25, 0.3) is 0 Å². The lowest BCUT2D eigenvalue weighted by Crippen LogP contribution is -2.70. The Morgan fingerprint density at radius 1 is 1.18 bits per heavy atom. The number of rotatable bonds is 3. The number of hydrogen-bond donors (Lipinski definition) is 2. The van der Waals surface area contributed by atoms with Crippen molar-refractivity contribution in [2.45, 2.75) is 31.3 Å². The van der Waals surface area contributed by atoms with Crippen LogP contribution in [0.4, 0.5) is 16.2 Å². The maximum atomic E-state index is 13.0. The molecule has 0 aromatic heterocycles. The number of hydrogen-bond acceptors (Lipinski definition) is 3. The van der Waals surface area contributed by atoms with Gasteiger partial charge in [0.05, 0.1) is 18.7 Å². The highest BCUT2D eigenvalue weighted by Crippen LogP contribution is 2.48. The summed E-state index contributed by atoms with van der Waals surface area (Å²) in [6.45, 7) is 2.12. The number of nitrogens with zero attached hydrogens (tertiary/aromatic N) is 2. The van der Waals surface area contributed by atoms with Crippen LogP contribution in [0.15, 0.2) is 48.5 Å². The van der Waals surface area contributed by atoms with E-state index in [-0.39, 0.29) is 36.5 Å². The SMILES string of the molecule is CCC(=O)N1[C@H](CO)[C@H]2c3ccccc3N(C(=O)Nc3ccc(Cl)cc3)C[C@H]21. The van der Waals surface area contributed by atoms with Crippen molar-refractivity contribution in [2.75, 3.05) is 23.4 Å². The highest BCUT2D eigenvalue weighted by atomic mass is 35.5. The molecule has 2 aliphatic rings. The van der Waals surface area contributed by atoms with Crippen LogP contribution < -0.4 is 10.2 Å². The summed E-state index contributed by atoms with van der Waals surface area (Å²) >= 11 is 5.91. The van der Waals surface area contributed by atoms with E-state index in [4.69, 9.17) is 11.6 Å². The molecular weight excluding hydrogens is 378 g/mol. The fourth-order valence-electron chi connectivity index (χ4n) is 4.33. The van der Waals surface area contributed by atoms with Gasteiger partial charge < -0.3 is 15.3 Å². The number of carbonyl (C=O) groups is 2. The van der Waals surface area contributed by atoms with Crippen molar-refractivity contribution in [3.8, 4) is 0 Å². The Bertz CT molecular complexity index is 902. The topological polar surface area (TPSA) is 72.9 Å². The van der Waals surface area contributed by atoms with Gasteiger partial charge in [0.15, 0.2) is 0 Å². The fraction of sp³-hybridized carbons (Fsp3) is 0.333. The third-order valence-corrected chi connectivity index (χ3v) is 5.87. The standard InChI is InChI=1S/C21H22ClN3O3/c1-2-19(27)25-17-11-24(21(28)23-14-9-7-13(22)8-10-14)16-6-4-3-5-15(16)20(17)18(25)12-26/h3-10,17-18,20,26H,2,11-12H2,1H3,(H,23,28)/t17-,18-,20+/m1/s1. The minimum absolute atomic E-state index is 0.00209. The van der Waals surface area contributed by atoms with E-state index in [2.05, 4.69) is 5.32 Å². The van der Waals surface area contributed by atoms with E-state index in [1.807, 2.05) is 31.2 Å². The van der Waals surface area contributed by atoms with E-state index in [0.717, 1.165) is 11.3 Å². The number of benzene rings is 2. The number of carbonyl (C=O) groups excluding carboxylic acids is 2. The van der Waals surface area contributed by atoms with Crippen molar-refractivity contribution in [3.63, 3.8) is 0 Å². The van der Waals surface area contributed by atoms with Crippen LogP contribution in [0.2, 0.25) is 5.02 Å². The summed E-state index contributed by atoms with van der Waals surface area (Å²) in [6.07, 6.45) is 0.373. The molecule has 1 saturated heterocycles. The zero-order valence-corrected chi connectivity index (χ0v) is 16.3. The van der Waals surface area contributed by atoms with Gasteiger partial charge in [-0.15, -0.1) is 0 Å². The Hall–Kier alpha value is -2.57.